The lowest BCUT2D eigenvalue weighted by Crippen LogP contribution is -2.47. The molecule has 4 N–H and O–H groups in total. The van der Waals surface area contributed by atoms with Gasteiger partial charge in [0.05, 0.1) is 6.54 Å². The van der Waals surface area contributed by atoms with Gasteiger partial charge in [-0.25, -0.2) is 15.0 Å². The molecule has 0 bridgehead atoms. The van der Waals surface area contributed by atoms with Gasteiger partial charge in [0.15, 0.2) is 0 Å². The molecule has 2 fully saturated rings. The number of benzene rings is 1. The van der Waals surface area contributed by atoms with Gasteiger partial charge < -0.3 is 21.1 Å². The molecule has 3 unspecified atom stereocenters. The van der Waals surface area contributed by atoms with Crippen LogP contribution in [0.4, 0.5) is 17.5 Å². The van der Waals surface area contributed by atoms with E-state index in [0.717, 1.165) is 80.7 Å². The van der Waals surface area contributed by atoms with Crippen molar-refractivity contribution in [3.63, 3.8) is 0 Å². The van der Waals surface area contributed by atoms with Crippen LogP contribution in [0.2, 0.25) is 0 Å². The molecule has 0 saturated carbocycles. The Hall–Kier alpha value is -3.60. The van der Waals surface area contributed by atoms with Crippen LogP contribution in [0.5, 0.6) is 0 Å². The number of nitrogens with two attached hydrogens (primary N) is 1. The molecule has 2 aliphatic rings. The van der Waals surface area contributed by atoms with Crippen LogP contribution in [0.1, 0.15) is 38.7 Å². The first-order valence-electron chi connectivity index (χ1n) is 15.2. The van der Waals surface area contributed by atoms with Crippen molar-refractivity contribution in [1.82, 2.24) is 24.8 Å². The molecule has 0 radical (unpaired) electrons. The van der Waals surface area contributed by atoms with E-state index >= 15 is 0 Å². The molecule has 0 spiro atoms. The van der Waals surface area contributed by atoms with E-state index < -0.39 is 5.97 Å². The molecule has 3 atom stereocenters. The van der Waals surface area contributed by atoms with E-state index in [1.54, 1.807) is 6.20 Å². The number of hydrogen-bond donors (Lipinski definition) is 3. The number of anilines is 3. The summed E-state index contributed by atoms with van der Waals surface area (Å²) in [5, 5.41) is 12.5. The minimum Gasteiger partial charge on any atom is -0.480 e. The van der Waals surface area contributed by atoms with Crippen LogP contribution >= 0.6 is 0 Å². The summed E-state index contributed by atoms with van der Waals surface area (Å²) in [7, 11) is 0. The van der Waals surface area contributed by atoms with Gasteiger partial charge in [0.2, 0.25) is 5.95 Å². The Morgan fingerprint density at radius 2 is 1.81 bits per heavy atom. The fourth-order valence-electron chi connectivity index (χ4n) is 6.38. The Labute approximate surface area is 249 Å². The highest BCUT2D eigenvalue weighted by Crippen LogP contribution is 2.36. The van der Waals surface area contributed by atoms with Crippen LogP contribution < -0.4 is 16.0 Å². The monoisotopic (exact) mass is 572 g/mol. The molecule has 1 aromatic carbocycles. The van der Waals surface area contributed by atoms with Crippen LogP contribution in [0.3, 0.4) is 0 Å². The van der Waals surface area contributed by atoms with Crippen LogP contribution in [-0.2, 0) is 11.3 Å². The third-order valence-corrected chi connectivity index (χ3v) is 8.85. The number of carboxylic acids is 1. The summed E-state index contributed by atoms with van der Waals surface area (Å²) in [6.45, 7) is 10.5. The summed E-state index contributed by atoms with van der Waals surface area (Å²) in [4.78, 5) is 31.8. The SMILES string of the molecule is CCC(C)C1CCN(c2ncc(-c3ccnc(Nc4cccc(CN5CCN(CC(=O)O)CC5)c4)c3)cn2)C1CCN. The van der Waals surface area contributed by atoms with E-state index in [2.05, 4.69) is 52.1 Å². The van der Waals surface area contributed by atoms with Gasteiger partial charge in [-0.15, -0.1) is 0 Å². The molecule has 2 aliphatic heterocycles. The zero-order valence-corrected chi connectivity index (χ0v) is 24.8. The van der Waals surface area contributed by atoms with Crippen molar-refractivity contribution < 1.29 is 9.90 Å². The number of aromatic nitrogens is 3. The molecule has 10 nitrogen and oxygen atoms in total. The summed E-state index contributed by atoms with van der Waals surface area (Å²) in [5.41, 5.74) is 10.1. The molecule has 4 heterocycles. The fourth-order valence-corrected chi connectivity index (χ4v) is 6.38. The zero-order valence-electron chi connectivity index (χ0n) is 24.8. The van der Waals surface area contributed by atoms with Crippen LogP contribution in [-0.4, -0.2) is 87.7 Å². The largest absolute Gasteiger partial charge is 0.480 e. The van der Waals surface area contributed by atoms with Crippen molar-refractivity contribution >= 4 is 23.4 Å². The molecule has 42 heavy (non-hydrogen) atoms. The van der Waals surface area contributed by atoms with Crippen LogP contribution in [0.15, 0.2) is 55.0 Å². The summed E-state index contributed by atoms with van der Waals surface area (Å²) in [6, 6.07) is 12.8. The van der Waals surface area contributed by atoms with Crippen molar-refractivity contribution in [2.45, 2.75) is 45.7 Å². The van der Waals surface area contributed by atoms with Gasteiger partial charge >= 0.3 is 5.97 Å². The lowest BCUT2D eigenvalue weighted by atomic mass is 9.84. The quantitative estimate of drug-likeness (QED) is 0.293. The van der Waals surface area contributed by atoms with E-state index in [1.165, 1.54) is 12.0 Å². The van der Waals surface area contributed by atoms with E-state index in [-0.39, 0.29) is 6.54 Å². The second kappa shape index (κ2) is 14.0. The lowest BCUT2D eigenvalue weighted by molar-refractivity contribution is -0.138. The Bertz CT molecular complexity index is 1310. The summed E-state index contributed by atoms with van der Waals surface area (Å²) < 4.78 is 0. The second-order valence-corrected chi connectivity index (χ2v) is 11.6. The van der Waals surface area contributed by atoms with Crippen molar-refractivity contribution in [3.8, 4) is 11.1 Å². The first kappa shape index (κ1) is 29.9. The molecule has 5 rings (SSSR count). The highest BCUT2D eigenvalue weighted by molar-refractivity contribution is 5.69. The van der Waals surface area contributed by atoms with Gasteiger partial charge in [-0.3, -0.25) is 14.6 Å². The number of nitrogens with zero attached hydrogens (tertiary/aromatic N) is 6. The minimum atomic E-state index is -0.766. The van der Waals surface area contributed by atoms with Crippen molar-refractivity contribution in [1.29, 1.82) is 0 Å². The molecule has 10 heteroatoms. The normalized spacial score (nSPS) is 20.5. The van der Waals surface area contributed by atoms with E-state index in [9.17, 15) is 4.79 Å². The maximum absolute atomic E-state index is 11.0. The number of pyridine rings is 1. The lowest BCUT2D eigenvalue weighted by Gasteiger charge is -2.33. The molecular weight excluding hydrogens is 528 g/mol. The van der Waals surface area contributed by atoms with Gasteiger partial charge in [0, 0.05) is 75.2 Å². The summed E-state index contributed by atoms with van der Waals surface area (Å²) in [5.74, 6) is 2.07. The van der Waals surface area contributed by atoms with Crippen LogP contribution in [0.25, 0.3) is 11.1 Å². The average Bonchev–Trinajstić information content (AvgIpc) is 3.42. The molecule has 224 valence electrons. The van der Waals surface area contributed by atoms with Crippen LogP contribution in [0, 0.1) is 11.8 Å². The molecule has 0 amide bonds. The number of hydrogen-bond acceptors (Lipinski definition) is 9. The summed E-state index contributed by atoms with van der Waals surface area (Å²) >= 11 is 0. The summed E-state index contributed by atoms with van der Waals surface area (Å²) in [6.07, 6.45) is 8.93. The first-order valence-corrected chi connectivity index (χ1v) is 15.2. The third-order valence-electron chi connectivity index (χ3n) is 8.85. The molecule has 0 aliphatic carbocycles. The van der Waals surface area contributed by atoms with Gasteiger partial charge in [-0.2, -0.15) is 0 Å². The number of aliphatic carboxylic acids is 1. The molecule has 3 aromatic rings. The van der Waals surface area contributed by atoms with E-state index in [1.807, 2.05) is 35.5 Å². The number of piperazine rings is 1. The Morgan fingerprint density at radius 1 is 1.05 bits per heavy atom. The van der Waals surface area contributed by atoms with Gasteiger partial charge in [-0.05, 0) is 66.6 Å². The Morgan fingerprint density at radius 3 is 2.52 bits per heavy atom. The van der Waals surface area contributed by atoms with Gasteiger partial charge in [-0.1, -0.05) is 32.4 Å². The highest BCUT2D eigenvalue weighted by Gasteiger charge is 2.37. The number of carbonyl (C=O) groups is 1. The Kier molecular flexibility index (Phi) is 9.99. The van der Waals surface area contributed by atoms with Crippen molar-refractivity contribution in [2.75, 3.05) is 56.0 Å². The predicted molar refractivity (Wildman–Crippen MR) is 167 cm³/mol. The Balaban J connectivity index is 1.21. The highest BCUT2D eigenvalue weighted by atomic mass is 16.4. The van der Waals surface area contributed by atoms with Crippen molar-refractivity contribution in [3.05, 3.63) is 60.6 Å². The predicted octanol–water partition coefficient (Wildman–Crippen LogP) is 4.07. The molecule has 2 aromatic heterocycles. The second-order valence-electron chi connectivity index (χ2n) is 11.6. The van der Waals surface area contributed by atoms with Gasteiger partial charge in [0.1, 0.15) is 5.82 Å². The standard InChI is InChI=1S/C32H44N8O2/c1-3-23(2)28-9-12-40(29(28)7-10-33)32-35-19-26(20-36-32)25-8-11-34-30(18-25)37-27-6-4-5-24(17-27)21-38-13-15-39(16-14-38)22-31(41)42/h4-6,8,11,17-20,23,28-29H,3,7,9-10,12-16,21-22,33H2,1-2H3,(H,34,37)(H,41,42). The van der Waals surface area contributed by atoms with E-state index in [4.69, 9.17) is 20.8 Å². The maximum Gasteiger partial charge on any atom is 0.317 e. The van der Waals surface area contributed by atoms with E-state index in [0.29, 0.717) is 24.4 Å². The van der Waals surface area contributed by atoms with Gasteiger partial charge in [0.25, 0.3) is 0 Å². The topological polar surface area (TPSA) is 124 Å². The maximum atomic E-state index is 11.0. The average molecular weight is 573 g/mol. The smallest absolute Gasteiger partial charge is 0.317 e. The minimum absolute atomic E-state index is 0.113. The zero-order chi connectivity index (χ0) is 29.5. The number of nitrogens with one attached hydrogen (secondary N) is 1. The van der Waals surface area contributed by atoms with Crippen molar-refractivity contribution in [2.24, 2.45) is 17.6 Å². The first-order chi connectivity index (χ1) is 20.4. The molecule has 2 saturated heterocycles. The fraction of sp³-hybridized carbons (Fsp3) is 0.500. The number of carboxylic acid groups (broad SMARTS) is 1. The number of rotatable bonds is 12. The third kappa shape index (κ3) is 7.42. The molecular formula is C32H44N8O2.